The van der Waals surface area contributed by atoms with Crippen LogP contribution in [0.25, 0.3) is 10.1 Å². The van der Waals surface area contributed by atoms with Crippen molar-refractivity contribution in [1.82, 2.24) is 9.80 Å². The van der Waals surface area contributed by atoms with Crippen molar-refractivity contribution < 1.29 is 4.79 Å². The molecule has 1 fully saturated rings. The van der Waals surface area contributed by atoms with Gasteiger partial charge in [0.25, 0.3) is 5.91 Å². The molecule has 4 rings (SSSR count). The Morgan fingerprint density at radius 3 is 2.52 bits per heavy atom. The van der Waals surface area contributed by atoms with Crippen LogP contribution in [0, 0.1) is 6.92 Å². The van der Waals surface area contributed by atoms with Crippen LogP contribution in [0.1, 0.15) is 15.2 Å². The fourth-order valence-corrected chi connectivity index (χ4v) is 5.41. The molecule has 4 nitrogen and oxygen atoms in total. The summed E-state index contributed by atoms with van der Waals surface area (Å²) in [5, 5.41) is 5.97. The number of nitrogens with one attached hydrogen (secondary N) is 1. The molecule has 1 amide bonds. The van der Waals surface area contributed by atoms with E-state index in [0.29, 0.717) is 46.2 Å². The van der Waals surface area contributed by atoms with Crippen LogP contribution in [-0.4, -0.2) is 47.0 Å². The zero-order valence-electron chi connectivity index (χ0n) is 15.7. The summed E-state index contributed by atoms with van der Waals surface area (Å²) in [6, 6.07) is 13.6. The van der Waals surface area contributed by atoms with Gasteiger partial charge in [0.15, 0.2) is 5.11 Å². The lowest BCUT2D eigenvalue weighted by Crippen LogP contribution is -2.51. The number of hydrogen-bond donors (Lipinski definition) is 1. The van der Waals surface area contributed by atoms with Gasteiger partial charge in [-0.1, -0.05) is 41.4 Å². The average Bonchev–Trinajstić information content (AvgIpc) is 3.03. The first-order valence-electron chi connectivity index (χ1n) is 9.22. The molecule has 2 aromatic carbocycles. The number of thiocarbonyl (C=S) groups is 1. The van der Waals surface area contributed by atoms with Crippen LogP contribution < -0.4 is 5.32 Å². The van der Waals surface area contributed by atoms with Crippen molar-refractivity contribution in [3.8, 4) is 0 Å². The predicted octanol–water partition coefficient (Wildman–Crippen LogP) is 5.67. The van der Waals surface area contributed by atoms with Crippen LogP contribution in [0.4, 0.5) is 5.69 Å². The van der Waals surface area contributed by atoms with Crippen LogP contribution in [0.15, 0.2) is 42.5 Å². The molecule has 1 aliphatic heterocycles. The molecule has 0 saturated carbocycles. The number of benzene rings is 2. The molecule has 0 aliphatic carbocycles. The van der Waals surface area contributed by atoms with Gasteiger partial charge in [0, 0.05) is 47.0 Å². The second-order valence-corrected chi connectivity index (χ2v) is 9.22. The number of piperazine rings is 1. The lowest BCUT2D eigenvalue weighted by atomic mass is 10.2. The first-order valence-corrected chi connectivity index (χ1v) is 11.2. The highest BCUT2D eigenvalue weighted by atomic mass is 35.5. The molecule has 150 valence electrons. The average molecular weight is 464 g/mol. The number of amides is 1. The van der Waals surface area contributed by atoms with Crippen molar-refractivity contribution in [1.29, 1.82) is 0 Å². The van der Waals surface area contributed by atoms with E-state index in [1.807, 2.05) is 42.2 Å². The highest BCUT2D eigenvalue weighted by Gasteiger charge is 2.27. The first-order chi connectivity index (χ1) is 13.9. The zero-order chi connectivity index (χ0) is 20.5. The van der Waals surface area contributed by atoms with Crippen LogP contribution in [0.2, 0.25) is 10.0 Å². The van der Waals surface area contributed by atoms with E-state index in [0.717, 1.165) is 15.8 Å². The van der Waals surface area contributed by atoms with E-state index in [4.69, 9.17) is 35.4 Å². The van der Waals surface area contributed by atoms with Gasteiger partial charge in [-0.3, -0.25) is 4.79 Å². The summed E-state index contributed by atoms with van der Waals surface area (Å²) in [6.07, 6.45) is 0. The number of aryl methyl sites for hydroxylation is 1. The quantitative estimate of drug-likeness (QED) is 0.496. The molecule has 1 aromatic heterocycles. The third kappa shape index (κ3) is 4.36. The van der Waals surface area contributed by atoms with Gasteiger partial charge in [-0.05, 0) is 49.0 Å². The zero-order valence-corrected chi connectivity index (χ0v) is 18.9. The van der Waals surface area contributed by atoms with Crippen molar-refractivity contribution in [2.75, 3.05) is 31.5 Å². The van der Waals surface area contributed by atoms with Crippen LogP contribution in [0.5, 0.6) is 0 Å². The third-order valence-electron chi connectivity index (χ3n) is 4.91. The Bertz CT molecular complexity index is 1090. The Balaban J connectivity index is 1.41. The fourth-order valence-electron chi connectivity index (χ4n) is 3.36. The second-order valence-electron chi connectivity index (χ2n) is 6.96. The van der Waals surface area contributed by atoms with E-state index >= 15 is 0 Å². The number of carbonyl (C=O) groups excluding carboxylic acids is 1. The van der Waals surface area contributed by atoms with Crippen LogP contribution in [0.3, 0.4) is 0 Å². The molecule has 8 heteroatoms. The second kappa shape index (κ2) is 8.48. The predicted molar refractivity (Wildman–Crippen MR) is 127 cm³/mol. The van der Waals surface area contributed by atoms with E-state index in [1.165, 1.54) is 16.9 Å². The summed E-state index contributed by atoms with van der Waals surface area (Å²) in [5.41, 5.74) is 2.15. The maximum atomic E-state index is 13.0. The number of rotatable bonds is 2. The molecule has 0 atom stereocenters. The lowest BCUT2D eigenvalue weighted by molar-refractivity contribution is 0.0698. The van der Waals surface area contributed by atoms with Gasteiger partial charge in [0.2, 0.25) is 0 Å². The Morgan fingerprint density at radius 1 is 1.07 bits per heavy atom. The highest BCUT2D eigenvalue weighted by molar-refractivity contribution is 7.80. The molecular formula is C21H19Cl2N3OS2. The van der Waals surface area contributed by atoms with Crippen molar-refractivity contribution in [2.45, 2.75) is 6.92 Å². The summed E-state index contributed by atoms with van der Waals surface area (Å²) in [6.45, 7) is 4.60. The number of nitrogens with zero attached hydrogens (tertiary/aromatic N) is 2. The van der Waals surface area contributed by atoms with Crippen molar-refractivity contribution >= 4 is 73.5 Å². The molecule has 3 aromatic rings. The third-order valence-corrected chi connectivity index (χ3v) is 7.15. The molecule has 0 spiro atoms. The molecule has 1 saturated heterocycles. The topological polar surface area (TPSA) is 35.6 Å². The molecular weight excluding hydrogens is 445 g/mol. The molecule has 2 heterocycles. The van der Waals surface area contributed by atoms with Gasteiger partial charge >= 0.3 is 0 Å². The fraction of sp³-hybridized carbons (Fsp3) is 0.238. The SMILES string of the molecule is Cc1cccc(NC(=S)N2CCN(C(=O)c3sc4cc(Cl)ccc4c3Cl)CC2)c1. The standard InChI is InChI=1S/C21H19Cl2N3OS2/c1-13-3-2-4-15(11-13)24-21(28)26-9-7-25(8-10-26)20(27)19-18(23)16-6-5-14(22)12-17(16)29-19/h2-6,11-12H,7-10H2,1H3,(H,24,28). The van der Waals surface area contributed by atoms with Crippen LogP contribution in [-0.2, 0) is 0 Å². The Hall–Kier alpha value is -1.86. The minimum Gasteiger partial charge on any atom is -0.345 e. The number of hydrogen-bond acceptors (Lipinski definition) is 3. The van der Waals surface area contributed by atoms with Crippen molar-refractivity contribution in [3.63, 3.8) is 0 Å². The molecule has 1 N–H and O–H groups in total. The van der Waals surface area contributed by atoms with Gasteiger partial charge in [-0.25, -0.2) is 0 Å². The van der Waals surface area contributed by atoms with E-state index in [9.17, 15) is 4.79 Å². The first kappa shape index (κ1) is 20.4. The molecule has 1 aliphatic rings. The van der Waals surface area contributed by atoms with Gasteiger partial charge in [0.05, 0.1) is 5.02 Å². The van der Waals surface area contributed by atoms with Gasteiger partial charge in [0.1, 0.15) is 4.88 Å². The summed E-state index contributed by atoms with van der Waals surface area (Å²) >= 11 is 19.5. The van der Waals surface area contributed by atoms with Gasteiger partial charge in [-0.15, -0.1) is 11.3 Å². The molecule has 29 heavy (non-hydrogen) atoms. The normalized spacial score (nSPS) is 14.3. The monoisotopic (exact) mass is 463 g/mol. The number of halogens is 2. The number of fused-ring (bicyclic) bond motifs is 1. The van der Waals surface area contributed by atoms with E-state index in [2.05, 4.69) is 16.3 Å². The Kier molecular flexibility index (Phi) is 5.97. The largest absolute Gasteiger partial charge is 0.345 e. The number of anilines is 1. The summed E-state index contributed by atoms with van der Waals surface area (Å²) < 4.78 is 0.924. The van der Waals surface area contributed by atoms with Crippen molar-refractivity contribution in [2.24, 2.45) is 0 Å². The lowest BCUT2D eigenvalue weighted by Gasteiger charge is -2.36. The van der Waals surface area contributed by atoms with Crippen LogP contribution >= 0.6 is 46.8 Å². The maximum absolute atomic E-state index is 13.0. The summed E-state index contributed by atoms with van der Waals surface area (Å²) in [4.78, 5) is 17.5. The number of thiophene rings is 1. The summed E-state index contributed by atoms with van der Waals surface area (Å²) in [5.74, 6) is -0.0375. The molecule has 0 unspecified atom stereocenters. The highest BCUT2D eigenvalue weighted by Crippen LogP contribution is 2.37. The van der Waals surface area contributed by atoms with Gasteiger partial charge < -0.3 is 15.1 Å². The minimum atomic E-state index is -0.0375. The van der Waals surface area contributed by atoms with E-state index < -0.39 is 0 Å². The minimum absolute atomic E-state index is 0.0375. The van der Waals surface area contributed by atoms with Crippen molar-refractivity contribution in [3.05, 3.63) is 63.0 Å². The number of carbonyl (C=O) groups is 1. The molecule has 0 bridgehead atoms. The Labute approximate surface area is 189 Å². The van der Waals surface area contributed by atoms with Gasteiger partial charge in [-0.2, -0.15) is 0 Å². The summed E-state index contributed by atoms with van der Waals surface area (Å²) in [7, 11) is 0. The maximum Gasteiger partial charge on any atom is 0.265 e. The molecule has 0 radical (unpaired) electrons. The van der Waals surface area contributed by atoms with E-state index in [-0.39, 0.29) is 5.91 Å². The smallest absolute Gasteiger partial charge is 0.265 e. The van der Waals surface area contributed by atoms with E-state index in [1.54, 1.807) is 6.07 Å². The Morgan fingerprint density at radius 2 is 1.79 bits per heavy atom.